The topological polar surface area (TPSA) is 95.7 Å². The molecule has 0 heterocycles. The Morgan fingerprint density at radius 1 is 1.07 bits per heavy atom. The SMILES string of the molecule is CCOc1ccc(C(=O)OCC(=O)c2ccc3c(c2)CCC3)cc1[N+](=O)[O-]. The molecular weight excluding hydrogens is 350 g/mol. The summed E-state index contributed by atoms with van der Waals surface area (Å²) in [6.45, 7) is 1.55. The van der Waals surface area contributed by atoms with Gasteiger partial charge in [0.05, 0.1) is 17.1 Å². The van der Waals surface area contributed by atoms with Gasteiger partial charge < -0.3 is 9.47 Å². The van der Waals surface area contributed by atoms with E-state index in [1.54, 1.807) is 13.0 Å². The molecule has 2 aromatic rings. The van der Waals surface area contributed by atoms with Crippen LogP contribution in [0.25, 0.3) is 0 Å². The third kappa shape index (κ3) is 4.13. The molecule has 0 atom stereocenters. The Labute approximate surface area is 156 Å². The van der Waals surface area contributed by atoms with Gasteiger partial charge >= 0.3 is 11.7 Å². The number of benzene rings is 2. The molecule has 0 saturated heterocycles. The first kappa shape index (κ1) is 18.6. The fourth-order valence-electron chi connectivity index (χ4n) is 3.11. The van der Waals surface area contributed by atoms with E-state index in [-0.39, 0.29) is 29.4 Å². The molecule has 0 fully saturated rings. The summed E-state index contributed by atoms with van der Waals surface area (Å²) in [6.07, 6.45) is 3.06. The number of esters is 1. The zero-order chi connectivity index (χ0) is 19.4. The molecule has 0 bridgehead atoms. The molecule has 0 amide bonds. The number of fused-ring (bicyclic) bond motifs is 1. The number of aryl methyl sites for hydroxylation is 2. The minimum Gasteiger partial charge on any atom is -0.487 e. The fraction of sp³-hybridized carbons (Fsp3) is 0.300. The van der Waals surface area contributed by atoms with E-state index in [1.165, 1.54) is 17.7 Å². The number of hydrogen-bond donors (Lipinski definition) is 0. The van der Waals surface area contributed by atoms with Crippen LogP contribution in [0.4, 0.5) is 5.69 Å². The lowest BCUT2D eigenvalue weighted by molar-refractivity contribution is -0.385. The highest BCUT2D eigenvalue weighted by molar-refractivity contribution is 5.99. The molecule has 7 heteroatoms. The molecule has 1 aliphatic rings. The second kappa shape index (κ2) is 7.99. The zero-order valence-corrected chi connectivity index (χ0v) is 14.9. The van der Waals surface area contributed by atoms with Crippen molar-refractivity contribution in [1.82, 2.24) is 0 Å². The Hall–Kier alpha value is -3.22. The van der Waals surface area contributed by atoms with Crippen LogP contribution in [0.15, 0.2) is 36.4 Å². The van der Waals surface area contributed by atoms with Crippen molar-refractivity contribution < 1.29 is 24.0 Å². The van der Waals surface area contributed by atoms with Crippen LogP contribution in [0.5, 0.6) is 5.75 Å². The zero-order valence-electron chi connectivity index (χ0n) is 14.9. The number of carbonyl (C=O) groups is 2. The Morgan fingerprint density at radius 2 is 1.81 bits per heavy atom. The van der Waals surface area contributed by atoms with Gasteiger partial charge in [0, 0.05) is 11.6 Å². The van der Waals surface area contributed by atoms with Crippen LogP contribution in [-0.2, 0) is 17.6 Å². The first-order valence-corrected chi connectivity index (χ1v) is 8.73. The maximum Gasteiger partial charge on any atom is 0.338 e. The van der Waals surface area contributed by atoms with E-state index in [0.29, 0.717) is 5.56 Å². The standard InChI is InChI=1S/C20H19NO6/c1-2-26-19-9-8-16(11-17(19)21(24)25)20(23)27-12-18(22)15-7-6-13-4-3-5-14(13)10-15/h6-11H,2-5,12H2,1H3. The van der Waals surface area contributed by atoms with E-state index in [4.69, 9.17) is 9.47 Å². The van der Waals surface area contributed by atoms with Gasteiger partial charge in [-0.05, 0) is 55.5 Å². The van der Waals surface area contributed by atoms with E-state index in [9.17, 15) is 19.7 Å². The van der Waals surface area contributed by atoms with Crippen molar-refractivity contribution in [3.63, 3.8) is 0 Å². The minimum atomic E-state index is -0.796. The summed E-state index contributed by atoms with van der Waals surface area (Å²) in [5, 5.41) is 11.1. The van der Waals surface area contributed by atoms with Crippen molar-refractivity contribution in [3.8, 4) is 5.75 Å². The van der Waals surface area contributed by atoms with Crippen LogP contribution in [0.3, 0.4) is 0 Å². The molecule has 0 spiro atoms. The van der Waals surface area contributed by atoms with Gasteiger partial charge in [-0.15, -0.1) is 0 Å². The number of Topliss-reactive ketones (excluding diaryl/α,β-unsaturated/α-hetero) is 1. The van der Waals surface area contributed by atoms with Gasteiger partial charge in [-0.25, -0.2) is 4.79 Å². The average Bonchev–Trinajstić information content (AvgIpc) is 3.14. The monoisotopic (exact) mass is 369 g/mol. The summed E-state index contributed by atoms with van der Waals surface area (Å²) >= 11 is 0. The van der Waals surface area contributed by atoms with Crippen LogP contribution in [0.2, 0.25) is 0 Å². The number of rotatable bonds is 7. The van der Waals surface area contributed by atoms with Crippen molar-refractivity contribution in [2.75, 3.05) is 13.2 Å². The molecule has 27 heavy (non-hydrogen) atoms. The fourth-order valence-corrected chi connectivity index (χ4v) is 3.11. The van der Waals surface area contributed by atoms with Crippen LogP contribution < -0.4 is 4.74 Å². The molecule has 0 unspecified atom stereocenters. The van der Waals surface area contributed by atoms with E-state index in [2.05, 4.69) is 0 Å². The third-order valence-corrected chi connectivity index (χ3v) is 4.45. The number of ether oxygens (including phenoxy) is 2. The smallest absolute Gasteiger partial charge is 0.338 e. The lowest BCUT2D eigenvalue weighted by atomic mass is 10.0. The second-order valence-electron chi connectivity index (χ2n) is 6.21. The Morgan fingerprint density at radius 3 is 2.56 bits per heavy atom. The molecule has 0 aromatic heterocycles. The van der Waals surface area contributed by atoms with Crippen LogP contribution in [0, 0.1) is 10.1 Å². The maximum atomic E-state index is 12.3. The number of nitro benzene ring substituents is 1. The summed E-state index contributed by atoms with van der Waals surface area (Å²) in [4.78, 5) is 35.0. The summed E-state index contributed by atoms with van der Waals surface area (Å²) in [7, 11) is 0. The predicted octanol–water partition coefficient (Wildman–Crippen LogP) is 3.52. The van der Waals surface area contributed by atoms with E-state index < -0.39 is 17.5 Å². The van der Waals surface area contributed by atoms with Crippen molar-refractivity contribution in [1.29, 1.82) is 0 Å². The molecule has 0 N–H and O–H groups in total. The summed E-state index contributed by atoms with van der Waals surface area (Å²) in [5.74, 6) is -1.03. The van der Waals surface area contributed by atoms with Gasteiger partial charge in [0.15, 0.2) is 18.1 Å². The van der Waals surface area contributed by atoms with Gasteiger partial charge in [-0.1, -0.05) is 12.1 Å². The van der Waals surface area contributed by atoms with Crippen molar-refractivity contribution in [2.24, 2.45) is 0 Å². The van der Waals surface area contributed by atoms with E-state index in [1.807, 2.05) is 12.1 Å². The normalized spacial score (nSPS) is 12.3. The quantitative estimate of drug-likeness (QED) is 0.321. The van der Waals surface area contributed by atoms with E-state index in [0.717, 1.165) is 30.9 Å². The lowest BCUT2D eigenvalue weighted by Crippen LogP contribution is -2.15. The van der Waals surface area contributed by atoms with Crippen molar-refractivity contribution in [3.05, 3.63) is 68.8 Å². The van der Waals surface area contributed by atoms with E-state index >= 15 is 0 Å². The van der Waals surface area contributed by atoms with Gasteiger partial charge in [-0.3, -0.25) is 14.9 Å². The molecular formula is C20H19NO6. The Balaban J connectivity index is 1.67. The number of carbonyl (C=O) groups excluding carboxylic acids is 2. The first-order valence-electron chi connectivity index (χ1n) is 8.73. The molecule has 2 aromatic carbocycles. The molecule has 0 radical (unpaired) electrons. The summed E-state index contributed by atoms with van der Waals surface area (Å²) in [6, 6.07) is 9.34. The molecule has 7 nitrogen and oxygen atoms in total. The van der Waals surface area contributed by atoms with Crippen LogP contribution in [-0.4, -0.2) is 29.9 Å². The molecule has 0 aliphatic heterocycles. The van der Waals surface area contributed by atoms with Gasteiger partial charge in [0.2, 0.25) is 0 Å². The predicted molar refractivity (Wildman–Crippen MR) is 97.3 cm³/mol. The molecule has 3 rings (SSSR count). The first-order chi connectivity index (χ1) is 13.0. The molecule has 140 valence electrons. The number of ketones is 1. The third-order valence-electron chi connectivity index (χ3n) is 4.45. The maximum absolute atomic E-state index is 12.3. The largest absolute Gasteiger partial charge is 0.487 e. The minimum absolute atomic E-state index is 0.00749. The van der Waals surface area contributed by atoms with Crippen molar-refractivity contribution in [2.45, 2.75) is 26.2 Å². The number of nitro groups is 1. The summed E-state index contributed by atoms with van der Waals surface area (Å²) in [5.41, 5.74) is 2.59. The Kier molecular flexibility index (Phi) is 5.49. The van der Waals surface area contributed by atoms with Gasteiger partial charge in [-0.2, -0.15) is 0 Å². The summed E-state index contributed by atoms with van der Waals surface area (Å²) < 4.78 is 10.2. The van der Waals surface area contributed by atoms with Gasteiger partial charge in [0.1, 0.15) is 0 Å². The van der Waals surface area contributed by atoms with Crippen LogP contribution in [0.1, 0.15) is 45.2 Å². The lowest BCUT2D eigenvalue weighted by Gasteiger charge is -2.08. The Bertz CT molecular complexity index is 905. The number of hydrogen-bond acceptors (Lipinski definition) is 6. The number of nitrogens with zero attached hydrogens (tertiary/aromatic N) is 1. The van der Waals surface area contributed by atoms with Gasteiger partial charge in [0.25, 0.3) is 0 Å². The highest BCUT2D eigenvalue weighted by atomic mass is 16.6. The highest BCUT2D eigenvalue weighted by Gasteiger charge is 2.20. The molecule has 1 aliphatic carbocycles. The highest BCUT2D eigenvalue weighted by Crippen LogP contribution is 2.28. The average molecular weight is 369 g/mol. The molecule has 0 saturated carbocycles. The second-order valence-corrected chi connectivity index (χ2v) is 6.21. The van der Waals surface area contributed by atoms with Crippen molar-refractivity contribution >= 4 is 17.4 Å². The van der Waals surface area contributed by atoms with Crippen LogP contribution >= 0.6 is 0 Å².